The molecule has 2 nitrogen and oxygen atoms in total. The second-order valence-corrected chi connectivity index (χ2v) is 8.65. The number of fused-ring (bicyclic) bond motifs is 1. The van der Waals surface area contributed by atoms with Gasteiger partial charge in [0.25, 0.3) is 0 Å². The minimum absolute atomic E-state index is 0.132. The van der Waals surface area contributed by atoms with E-state index in [-0.39, 0.29) is 16.2 Å². The highest BCUT2D eigenvalue weighted by molar-refractivity contribution is 5.84. The molecule has 1 saturated carbocycles. The summed E-state index contributed by atoms with van der Waals surface area (Å²) in [5, 5.41) is 10.7. The minimum Gasteiger partial charge on any atom is -0.512 e. The molecule has 22 heavy (non-hydrogen) atoms. The predicted molar refractivity (Wildman–Crippen MR) is 91.7 cm³/mol. The van der Waals surface area contributed by atoms with Crippen LogP contribution < -0.4 is 0 Å². The van der Waals surface area contributed by atoms with Crippen molar-refractivity contribution in [2.75, 3.05) is 0 Å². The Morgan fingerprint density at radius 3 is 2.55 bits per heavy atom. The van der Waals surface area contributed by atoms with E-state index in [4.69, 9.17) is 0 Å². The fourth-order valence-electron chi connectivity index (χ4n) is 4.17. The van der Waals surface area contributed by atoms with Gasteiger partial charge in [0.15, 0.2) is 0 Å². The summed E-state index contributed by atoms with van der Waals surface area (Å²) in [5.41, 5.74) is -0.321. The Labute approximate surface area is 135 Å². The number of hydrogen-bond donors (Lipinski definition) is 1. The molecule has 2 aliphatic carbocycles. The molecule has 124 valence electrons. The molecule has 0 aliphatic heterocycles. The summed E-state index contributed by atoms with van der Waals surface area (Å²) in [6, 6.07) is 0. The average molecular weight is 304 g/mol. The summed E-state index contributed by atoms with van der Waals surface area (Å²) in [4.78, 5) is 12.5. The second kappa shape index (κ2) is 5.86. The number of aliphatic hydroxyl groups is 1. The van der Waals surface area contributed by atoms with E-state index in [1.165, 1.54) is 0 Å². The monoisotopic (exact) mass is 304 g/mol. The number of allylic oxidation sites excluding steroid dienone is 3. The van der Waals surface area contributed by atoms with Crippen LogP contribution in [-0.4, -0.2) is 10.9 Å². The Morgan fingerprint density at radius 2 is 1.91 bits per heavy atom. The molecule has 2 rings (SSSR count). The molecule has 0 spiro atoms. The summed E-state index contributed by atoms with van der Waals surface area (Å²) < 4.78 is 0. The smallest absolute Gasteiger partial charge is 0.138 e. The Morgan fingerprint density at radius 1 is 1.23 bits per heavy atom. The molecule has 2 aliphatic rings. The topological polar surface area (TPSA) is 37.3 Å². The van der Waals surface area contributed by atoms with E-state index in [1.54, 1.807) is 0 Å². The van der Waals surface area contributed by atoms with Crippen LogP contribution in [0.1, 0.15) is 72.6 Å². The van der Waals surface area contributed by atoms with Gasteiger partial charge < -0.3 is 5.11 Å². The van der Waals surface area contributed by atoms with E-state index in [2.05, 4.69) is 26.5 Å². The van der Waals surface area contributed by atoms with Crippen molar-refractivity contribution in [1.82, 2.24) is 0 Å². The summed E-state index contributed by atoms with van der Waals surface area (Å²) >= 11 is 0. The largest absolute Gasteiger partial charge is 0.512 e. The lowest BCUT2D eigenvalue weighted by Gasteiger charge is -2.48. The van der Waals surface area contributed by atoms with E-state index in [9.17, 15) is 9.90 Å². The molecule has 0 heterocycles. The van der Waals surface area contributed by atoms with E-state index in [0.717, 1.165) is 38.5 Å². The summed E-state index contributed by atoms with van der Waals surface area (Å²) in [7, 11) is 0. The van der Waals surface area contributed by atoms with Crippen LogP contribution >= 0.6 is 0 Å². The molecule has 3 atom stereocenters. The molecule has 0 aromatic carbocycles. The van der Waals surface area contributed by atoms with Gasteiger partial charge >= 0.3 is 0 Å². The molecule has 0 bridgehead atoms. The van der Waals surface area contributed by atoms with Gasteiger partial charge in [-0.25, -0.2) is 0 Å². The Bertz CT molecular complexity index is 488. The summed E-state index contributed by atoms with van der Waals surface area (Å²) in [6.45, 7) is 12.5. The van der Waals surface area contributed by atoms with Crippen LogP contribution in [0.25, 0.3) is 0 Å². The highest BCUT2D eigenvalue weighted by Gasteiger charge is 2.46. The van der Waals surface area contributed by atoms with Crippen molar-refractivity contribution in [3.63, 3.8) is 0 Å². The highest BCUT2D eigenvalue weighted by Crippen LogP contribution is 2.54. The van der Waals surface area contributed by atoms with Crippen LogP contribution in [-0.2, 0) is 4.79 Å². The first-order chi connectivity index (χ1) is 10.1. The first-order valence-electron chi connectivity index (χ1n) is 8.69. The van der Waals surface area contributed by atoms with Crippen molar-refractivity contribution in [3.8, 4) is 0 Å². The summed E-state index contributed by atoms with van der Waals surface area (Å²) in [5.74, 6) is 1.27. The molecule has 0 aromatic heterocycles. The Hall–Kier alpha value is -1.05. The van der Waals surface area contributed by atoms with Crippen molar-refractivity contribution in [1.29, 1.82) is 0 Å². The number of carbonyl (C=O) groups is 1. The number of Topliss-reactive ketones (excluding diaryl/α,β-unsaturated/α-hetero) is 1. The number of rotatable bonds is 1. The third-order valence-corrected chi connectivity index (χ3v) is 6.49. The third kappa shape index (κ3) is 3.16. The van der Waals surface area contributed by atoms with Gasteiger partial charge in [0.1, 0.15) is 5.78 Å². The molecule has 0 aromatic rings. The van der Waals surface area contributed by atoms with Crippen molar-refractivity contribution in [3.05, 3.63) is 24.5 Å². The third-order valence-electron chi connectivity index (χ3n) is 6.49. The van der Waals surface area contributed by atoms with E-state index in [0.29, 0.717) is 23.9 Å². The molecule has 0 saturated heterocycles. The van der Waals surface area contributed by atoms with Crippen LogP contribution in [0.2, 0.25) is 0 Å². The van der Waals surface area contributed by atoms with Crippen LogP contribution in [0.15, 0.2) is 24.5 Å². The fourth-order valence-corrected chi connectivity index (χ4v) is 4.17. The quantitative estimate of drug-likeness (QED) is 0.640. The van der Waals surface area contributed by atoms with Crippen molar-refractivity contribution in [2.45, 2.75) is 72.6 Å². The molecule has 2 heteroatoms. The molecular formula is C20H32O2. The number of ketones is 1. The van der Waals surface area contributed by atoms with Gasteiger partial charge in [0.05, 0.1) is 5.76 Å². The predicted octanol–water partition coefficient (Wildman–Crippen LogP) is 5.60. The maximum atomic E-state index is 12.5. The fraction of sp³-hybridized carbons (Fsp3) is 0.750. The van der Waals surface area contributed by atoms with E-state index < -0.39 is 0 Å². The van der Waals surface area contributed by atoms with Crippen LogP contribution in [0.4, 0.5) is 0 Å². The Balaban J connectivity index is 2.33. The van der Waals surface area contributed by atoms with Gasteiger partial charge in [-0.1, -0.05) is 33.8 Å². The number of hydrogen-bond acceptors (Lipinski definition) is 2. The van der Waals surface area contributed by atoms with Crippen LogP contribution in [0.5, 0.6) is 0 Å². The first kappa shape index (κ1) is 17.3. The van der Waals surface area contributed by atoms with Crippen molar-refractivity contribution >= 4 is 5.78 Å². The van der Waals surface area contributed by atoms with Crippen LogP contribution in [0.3, 0.4) is 0 Å². The lowest BCUT2D eigenvalue weighted by molar-refractivity contribution is -0.128. The van der Waals surface area contributed by atoms with Crippen molar-refractivity contribution < 1.29 is 9.90 Å². The maximum Gasteiger partial charge on any atom is 0.138 e. The summed E-state index contributed by atoms with van der Waals surface area (Å²) in [6.07, 6.45) is 10.2. The zero-order chi connectivity index (χ0) is 16.6. The van der Waals surface area contributed by atoms with Gasteiger partial charge in [-0.15, -0.1) is 6.58 Å². The second-order valence-electron chi connectivity index (χ2n) is 8.65. The van der Waals surface area contributed by atoms with Gasteiger partial charge in [-0.2, -0.15) is 0 Å². The SMILES string of the molecule is C=C[C@@]1(C)CC[C@]2(C)/C(O)=C/CCC(C)(C)C(=O)CC[C@H]2C1. The normalized spacial score (nSPS) is 41.9. The van der Waals surface area contributed by atoms with E-state index >= 15 is 0 Å². The molecule has 0 radical (unpaired) electrons. The molecule has 1 N–H and O–H groups in total. The van der Waals surface area contributed by atoms with Gasteiger partial charge in [0, 0.05) is 17.3 Å². The number of aliphatic hydroxyl groups excluding tert-OH is 1. The first-order valence-corrected chi connectivity index (χ1v) is 8.69. The average Bonchev–Trinajstić information content (AvgIpc) is 2.47. The molecule has 0 unspecified atom stereocenters. The molecule has 1 fully saturated rings. The van der Waals surface area contributed by atoms with E-state index in [1.807, 2.05) is 19.9 Å². The minimum atomic E-state index is -0.277. The van der Waals surface area contributed by atoms with Crippen molar-refractivity contribution in [2.24, 2.45) is 22.2 Å². The maximum absolute atomic E-state index is 12.5. The zero-order valence-electron chi connectivity index (χ0n) is 14.7. The van der Waals surface area contributed by atoms with Gasteiger partial charge in [-0.3, -0.25) is 4.79 Å². The molecular weight excluding hydrogens is 272 g/mol. The van der Waals surface area contributed by atoms with Gasteiger partial charge in [0.2, 0.25) is 0 Å². The van der Waals surface area contributed by atoms with Gasteiger partial charge in [-0.05, 0) is 55.9 Å². The number of carbonyl (C=O) groups excluding carboxylic acids is 1. The highest BCUT2D eigenvalue weighted by atomic mass is 16.3. The van der Waals surface area contributed by atoms with Crippen LogP contribution in [0, 0.1) is 22.2 Å². The lowest BCUT2D eigenvalue weighted by Crippen LogP contribution is -2.40. The zero-order valence-corrected chi connectivity index (χ0v) is 14.7. The standard InChI is InChI=1S/C20H32O2/c1-6-19(4)12-13-20(5)15(14-19)9-10-16(21)18(2,3)11-7-8-17(20)22/h6,8,15,22H,1,7,9-14H2,2-5H3/b17-8-/t15-,19-,20-/m0/s1. The Kier molecular flexibility index (Phi) is 4.61. The molecule has 0 amide bonds. The lowest BCUT2D eigenvalue weighted by atomic mass is 9.56.